The summed E-state index contributed by atoms with van der Waals surface area (Å²) in [5, 5.41) is -0.602. The molecule has 0 nitrogen and oxygen atoms in total. The number of benzene rings is 1. The topological polar surface area (TPSA) is 0 Å². The molecule has 54 valence electrons. The first-order valence-electron chi connectivity index (χ1n) is 2.41. The molecule has 0 saturated heterocycles. The molecular weight excluding hydrogens is 181 g/mol. The zero-order chi connectivity index (χ0) is 7.72. The summed E-state index contributed by atoms with van der Waals surface area (Å²) in [6.45, 7) is 0. The van der Waals surface area contributed by atoms with Crippen molar-refractivity contribution >= 4 is 23.2 Å². The Morgan fingerprint density at radius 1 is 1.00 bits per heavy atom. The summed E-state index contributed by atoms with van der Waals surface area (Å²) in [7, 11) is 0. The molecular formula is C6H2Cl2F2. The second kappa shape index (κ2) is 2.72. The maximum atomic E-state index is 12.5. The van der Waals surface area contributed by atoms with Crippen LogP contribution >= 0.6 is 23.2 Å². The molecule has 0 amide bonds. The highest BCUT2D eigenvalue weighted by atomic mass is 35.5. The number of hydrogen-bond acceptors (Lipinski definition) is 0. The van der Waals surface area contributed by atoms with Crippen molar-refractivity contribution in [1.29, 1.82) is 0 Å². The molecule has 1 aromatic carbocycles. The van der Waals surface area contributed by atoms with Crippen LogP contribution in [0.4, 0.5) is 8.78 Å². The lowest BCUT2D eigenvalue weighted by Crippen LogP contribution is -1.81. The lowest BCUT2D eigenvalue weighted by atomic mass is 10.3. The SMILES string of the molecule is Fc1cc(Cl)c(F)c(Cl)c1. The lowest BCUT2D eigenvalue weighted by Gasteiger charge is -1.95. The minimum atomic E-state index is -0.787. The predicted molar refractivity (Wildman–Crippen MR) is 36.4 cm³/mol. The Kier molecular flexibility index (Phi) is 2.11. The van der Waals surface area contributed by atoms with Gasteiger partial charge in [0.25, 0.3) is 0 Å². The van der Waals surface area contributed by atoms with Crippen LogP contribution in [0.25, 0.3) is 0 Å². The van der Waals surface area contributed by atoms with E-state index >= 15 is 0 Å². The average Bonchev–Trinajstić information content (AvgIpc) is 1.82. The molecule has 1 aromatic rings. The van der Waals surface area contributed by atoms with E-state index < -0.39 is 11.6 Å². The van der Waals surface area contributed by atoms with Crippen molar-refractivity contribution in [3.8, 4) is 0 Å². The fourth-order valence-corrected chi connectivity index (χ4v) is 0.985. The number of halogens is 4. The van der Waals surface area contributed by atoms with E-state index in [1.54, 1.807) is 0 Å². The molecule has 4 heteroatoms. The Labute approximate surface area is 66.4 Å². The monoisotopic (exact) mass is 182 g/mol. The first-order valence-corrected chi connectivity index (χ1v) is 3.17. The van der Waals surface area contributed by atoms with Gasteiger partial charge in [-0.2, -0.15) is 0 Å². The van der Waals surface area contributed by atoms with E-state index in [2.05, 4.69) is 0 Å². The first-order chi connectivity index (χ1) is 4.61. The Hall–Kier alpha value is -0.340. The van der Waals surface area contributed by atoms with Crippen LogP contribution in [0.2, 0.25) is 10.0 Å². The van der Waals surface area contributed by atoms with Gasteiger partial charge in [0, 0.05) is 0 Å². The van der Waals surface area contributed by atoms with Crippen LogP contribution in [0.3, 0.4) is 0 Å². The maximum Gasteiger partial charge on any atom is 0.160 e. The molecule has 0 radical (unpaired) electrons. The first kappa shape index (κ1) is 7.76. The predicted octanol–water partition coefficient (Wildman–Crippen LogP) is 3.27. The molecule has 0 aliphatic rings. The van der Waals surface area contributed by atoms with Crippen LogP contribution < -0.4 is 0 Å². The van der Waals surface area contributed by atoms with Gasteiger partial charge in [0.05, 0.1) is 10.0 Å². The van der Waals surface area contributed by atoms with Gasteiger partial charge in [0.2, 0.25) is 0 Å². The van der Waals surface area contributed by atoms with E-state index in [1.165, 1.54) is 0 Å². The van der Waals surface area contributed by atoms with Gasteiger partial charge in [0.1, 0.15) is 5.82 Å². The van der Waals surface area contributed by atoms with Crippen LogP contribution in [0.1, 0.15) is 0 Å². The van der Waals surface area contributed by atoms with E-state index in [0.29, 0.717) is 0 Å². The van der Waals surface area contributed by atoms with Crippen molar-refractivity contribution in [2.45, 2.75) is 0 Å². The standard InChI is InChI=1S/C6H2Cl2F2/c7-4-1-3(9)2-5(8)6(4)10/h1-2H. The molecule has 0 aliphatic carbocycles. The third-order valence-corrected chi connectivity index (χ3v) is 1.50. The second-order valence-electron chi connectivity index (χ2n) is 1.68. The van der Waals surface area contributed by atoms with Crippen LogP contribution in [-0.2, 0) is 0 Å². The molecule has 1 rings (SSSR count). The van der Waals surface area contributed by atoms with E-state index in [0.717, 1.165) is 12.1 Å². The van der Waals surface area contributed by atoms with Crippen molar-refractivity contribution in [3.63, 3.8) is 0 Å². The van der Waals surface area contributed by atoms with Gasteiger partial charge in [-0.15, -0.1) is 0 Å². The molecule has 0 bridgehead atoms. The van der Waals surface area contributed by atoms with Gasteiger partial charge in [-0.05, 0) is 12.1 Å². The molecule has 0 heterocycles. The summed E-state index contributed by atoms with van der Waals surface area (Å²) in [4.78, 5) is 0. The molecule has 0 fully saturated rings. The Morgan fingerprint density at radius 3 is 1.80 bits per heavy atom. The highest BCUT2D eigenvalue weighted by Gasteiger charge is 2.06. The smallest absolute Gasteiger partial charge is 0.160 e. The molecule has 0 spiro atoms. The molecule has 0 aliphatic heterocycles. The van der Waals surface area contributed by atoms with Crippen molar-refractivity contribution in [2.24, 2.45) is 0 Å². The summed E-state index contributed by atoms with van der Waals surface area (Å²) in [5.74, 6) is -1.43. The van der Waals surface area contributed by atoms with Crippen LogP contribution in [-0.4, -0.2) is 0 Å². The van der Waals surface area contributed by atoms with Gasteiger partial charge >= 0.3 is 0 Å². The average molecular weight is 183 g/mol. The van der Waals surface area contributed by atoms with Gasteiger partial charge < -0.3 is 0 Å². The third kappa shape index (κ3) is 1.39. The lowest BCUT2D eigenvalue weighted by molar-refractivity contribution is 0.601. The Bertz CT molecular complexity index is 237. The molecule has 10 heavy (non-hydrogen) atoms. The molecule has 0 atom stereocenters. The number of rotatable bonds is 0. The zero-order valence-corrected chi connectivity index (χ0v) is 6.18. The van der Waals surface area contributed by atoms with E-state index in [9.17, 15) is 8.78 Å². The number of hydrogen-bond donors (Lipinski definition) is 0. The summed E-state index contributed by atoms with van der Waals surface area (Å²) < 4.78 is 24.8. The Morgan fingerprint density at radius 2 is 1.40 bits per heavy atom. The van der Waals surface area contributed by atoms with E-state index in [4.69, 9.17) is 23.2 Å². The molecule has 0 saturated carbocycles. The van der Waals surface area contributed by atoms with E-state index in [1.807, 2.05) is 0 Å². The Balaban J connectivity index is 3.31. The van der Waals surface area contributed by atoms with Crippen LogP contribution in [0.5, 0.6) is 0 Å². The van der Waals surface area contributed by atoms with Crippen molar-refractivity contribution < 1.29 is 8.78 Å². The second-order valence-corrected chi connectivity index (χ2v) is 2.50. The highest BCUT2D eigenvalue weighted by molar-refractivity contribution is 6.34. The summed E-state index contributed by atoms with van der Waals surface area (Å²) in [5.41, 5.74) is 0. The van der Waals surface area contributed by atoms with Gasteiger partial charge in [-0.25, -0.2) is 8.78 Å². The molecule has 0 N–H and O–H groups in total. The van der Waals surface area contributed by atoms with E-state index in [-0.39, 0.29) is 10.0 Å². The highest BCUT2D eigenvalue weighted by Crippen LogP contribution is 2.23. The molecule has 0 unspecified atom stereocenters. The summed E-state index contributed by atoms with van der Waals surface area (Å²) >= 11 is 10.4. The fraction of sp³-hybridized carbons (Fsp3) is 0. The van der Waals surface area contributed by atoms with Crippen molar-refractivity contribution in [3.05, 3.63) is 33.8 Å². The largest absolute Gasteiger partial charge is 0.207 e. The minimum Gasteiger partial charge on any atom is -0.207 e. The van der Waals surface area contributed by atoms with Gasteiger partial charge in [-0.1, -0.05) is 23.2 Å². The van der Waals surface area contributed by atoms with Crippen LogP contribution in [0.15, 0.2) is 12.1 Å². The fourth-order valence-electron chi connectivity index (χ4n) is 0.525. The normalized spacial score (nSPS) is 10.0. The van der Waals surface area contributed by atoms with Crippen molar-refractivity contribution in [1.82, 2.24) is 0 Å². The third-order valence-electron chi connectivity index (χ3n) is 0.949. The van der Waals surface area contributed by atoms with Gasteiger partial charge in [-0.3, -0.25) is 0 Å². The zero-order valence-electron chi connectivity index (χ0n) is 4.67. The van der Waals surface area contributed by atoms with Crippen LogP contribution in [0, 0.1) is 11.6 Å². The molecule has 0 aromatic heterocycles. The minimum absolute atomic E-state index is 0.301. The van der Waals surface area contributed by atoms with Crippen molar-refractivity contribution in [2.75, 3.05) is 0 Å². The van der Waals surface area contributed by atoms with Gasteiger partial charge in [0.15, 0.2) is 5.82 Å². The summed E-state index contributed by atoms with van der Waals surface area (Å²) in [6.07, 6.45) is 0. The maximum absolute atomic E-state index is 12.5. The quantitative estimate of drug-likeness (QED) is 0.427. The summed E-state index contributed by atoms with van der Waals surface area (Å²) in [6, 6.07) is 1.73.